The summed E-state index contributed by atoms with van der Waals surface area (Å²) in [6.45, 7) is 14.8. The number of methoxy groups -OCH3 is 1. The fourth-order valence-electron chi connectivity index (χ4n) is 1.61. The molecular weight excluding hydrogens is 416 g/mol. The number of allylic oxidation sites excluding steroid dienone is 4. The van der Waals surface area contributed by atoms with Gasteiger partial charge in [0.25, 0.3) is 0 Å². The largest absolute Gasteiger partial charge is 3.00 e. The SMILES string of the molecule is COC(C)=C1[C-]=C(NC(C)(C)C)C(O[Si](C)(C)C)=C1.[Cl-].[Cl-].[Zr+3]. The summed E-state index contributed by atoms with van der Waals surface area (Å²) in [5.41, 5.74) is 1.84. The Morgan fingerprint density at radius 3 is 2.05 bits per heavy atom. The Morgan fingerprint density at radius 1 is 1.18 bits per heavy atom. The minimum absolute atomic E-state index is 0. The Morgan fingerprint density at radius 2 is 1.68 bits per heavy atom. The second-order valence-corrected chi connectivity index (χ2v) is 11.2. The molecule has 0 aliphatic heterocycles. The fourth-order valence-corrected chi connectivity index (χ4v) is 2.43. The molecule has 1 aliphatic rings. The summed E-state index contributed by atoms with van der Waals surface area (Å²) in [5.74, 6) is 1.72. The molecule has 0 aromatic rings. The maximum absolute atomic E-state index is 6.13. The van der Waals surface area contributed by atoms with Gasteiger partial charge in [-0.1, -0.05) is 0 Å². The molecule has 1 radical (unpaired) electrons. The van der Waals surface area contributed by atoms with Crippen LogP contribution in [-0.2, 0) is 35.4 Å². The molecule has 125 valence electrons. The molecule has 0 aromatic carbocycles. The minimum atomic E-state index is -1.65. The summed E-state index contributed by atoms with van der Waals surface area (Å²) in [5, 5.41) is 3.44. The zero-order valence-corrected chi connectivity index (χ0v) is 19.6. The van der Waals surface area contributed by atoms with Gasteiger partial charge in [0.05, 0.1) is 7.11 Å². The molecule has 0 atom stereocenters. The number of hydrogen-bond acceptors (Lipinski definition) is 3. The molecule has 3 nitrogen and oxygen atoms in total. The Bertz CT molecular complexity index is 415. The van der Waals surface area contributed by atoms with Crippen LogP contribution in [-0.4, -0.2) is 21.0 Å². The van der Waals surface area contributed by atoms with Gasteiger partial charge in [0, 0.05) is 17.1 Å². The topological polar surface area (TPSA) is 30.5 Å². The van der Waals surface area contributed by atoms with Gasteiger partial charge in [-0.15, -0.1) is 17.7 Å². The van der Waals surface area contributed by atoms with Crippen LogP contribution in [0, 0.1) is 6.08 Å². The number of nitrogens with one attached hydrogen (secondary N) is 1. The average molecular weight is 443 g/mol. The maximum atomic E-state index is 6.13. The van der Waals surface area contributed by atoms with E-state index in [0.29, 0.717) is 0 Å². The van der Waals surface area contributed by atoms with E-state index < -0.39 is 8.32 Å². The van der Waals surface area contributed by atoms with Crippen molar-refractivity contribution in [1.82, 2.24) is 5.32 Å². The smallest absolute Gasteiger partial charge is 1.00 e. The van der Waals surface area contributed by atoms with Gasteiger partial charge < -0.3 is 39.3 Å². The van der Waals surface area contributed by atoms with Crippen molar-refractivity contribution in [3.63, 3.8) is 0 Å². The number of ether oxygens (including phenoxy) is 1. The van der Waals surface area contributed by atoms with E-state index >= 15 is 0 Å². The van der Waals surface area contributed by atoms with Crippen molar-refractivity contribution in [2.75, 3.05) is 7.11 Å². The Balaban J connectivity index is -0.00000120. The number of rotatable bonds is 4. The molecule has 1 rings (SSSR count). The normalized spacial score (nSPS) is 16.2. The molecule has 0 bridgehead atoms. The molecule has 0 spiro atoms. The van der Waals surface area contributed by atoms with E-state index in [0.717, 1.165) is 22.8 Å². The van der Waals surface area contributed by atoms with Gasteiger partial charge in [-0.2, -0.15) is 0 Å². The monoisotopic (exact) mass is 440 g/mol. The van der Waals surface area contributed by atoms with E-state index in [-0.39, 0.29) is 56.6 Å². The first-order valence-electron chi connectivity index (χ1n) is 6.60. The first kappa shape index (κ1) is 27.2. The minimum Gasteiger partial charge on any atom is -1.00 e. The van der Waals surface area contributed by atoms with Crippen molar-refractivity contribution in [2.45, 2.75) is 52.9 Å². The van der Waals surface area contributed by atoms with Gasteiger partial charge in [-0.05, 0) is 53.0 Å². The van der Waals surface area contributed by atoms with Crippen molar-refractivity contribution in [1.29, 1.82) is 0 Å². The molecular formula is C15H26Cl2NO2SiZr. The van der Waals surface area contributed by atoms with Crippen LogP contribution in [0.2, 0.25) is 19.6 Å². The van der Waals surface area contributed by atoms with Crippen LogP contribution in [0.1, 0.15) is 27.7 Å². The van der Waals surface area contributed by atoms with E-state index in [1.165, 1.54) is 0 Å². The quantitative estimate of drug-likeness (QED) is 0.303. The molecule has 0 saturated heterocycles. The van der Waals surface area contributed by atoms with E-state index in [1.807, 2.05) is 13.0 Å². The Kier molecular flexibility index (Phi) is 12.6. The Labute approximate surface area is 168 Å². The third kappa shape index (κ3) is 9.44. The van der Waals surface area contributed by atoms with Crippen molar-refractivity contribution in [2.24, 2.45) is 0 Å². The molecule has 7 heteroatoms. The van der Waals surface area contributed by atoms with Crippen LogP contribution in [0.25, 0.3) is 0 Å². The first-order chi connectivity index (χ1) is 8.52. The molecule has 0 unspecified atom stereocenters. The van der Waals surface area contributed by atoms with Crippen molar-refractivity contribution in [3.05, 3.63) is 34.9 Å². The van der Waals surface area contributed by atoms with Crippen molar-refractivity contribution >= 4 is 8.32 Å². The summed E-state index contributed by atoms with van der Waals surface area (Å²) in [7, 11) is 0.0262. The van der Waals surface area contributed by atoms with Gasteiger partial charge in [-0.3, -0.25) is 0 Å². The van der Waals surface area contributed by atoms with Gasteiger partial charge in [-0.25, -0.2) is 0 Å². The molecule has 0 fully saturated rings. The number of halogens is 2. The standard InChI is InChI=1S/C15H26NO2Si.2ClH.Zr/c1-11(17-5)12-9-13(16-15(2,3)4)14(10-12)18-19(6,7)8;;;/h10,16H,1-8H3;2*1H;/q-1;;;+3/p-2. The van der Waals surface area contributed by atoms with Crippen LogP contribution in [0.3, 0.4) is 0 Å². The molecule has 0 amide bonds. The summed E-state index contributed by atoms with van der Waals surface area (Å²) in [6, 6.07) is 0. The van der Waals surface area contributed by atoms with E-state index in [1.54, 1.807) is 7.11 Å². The maximum Gasteiger partial charge on any atom is 3.00 e. The average Bonchev–Trinajstić information content (AvgIpc) is 2.55. The molecule has 1 N–H and O–H groups in total. The van der Waals surface area contributed by atoms with Crippen molar-refractivity contribution in [3.8, 4) is 0 Å². The van der Waals surface area contributed by atoms with E-state index in [4.69, 9.17) is 9.16 Å². The van der Waals surface area contributed by atoms with Gasteiger partial charge in [0.15, 0.2) is 0 Å². The van der Waals surface area contributed by atoms with Crippen LogP contribution >= 0.6 is 0 Å². The van der Waals surface area contributed by atoms with Crippen LogP contribution in [0.15, 0.2) is 28.9 Å². The second kappa shape index (κ2) is 10.2. The summed E-state index contributed by atoms with van der Waals surface area (Å²) < 4.78 is 11.4. The van der Waals surface area contributed by atoms with Crippen LogP contribution < -0.4 is 30.1 Å². The molecule has 0 saturated carbocycles. The Hall–Kier alpha value is 0.300. The van der Waals surface area contributed by atoms with E-state index in [2.05, 4.69) is 51.8 Å². The van der Waals surface area contributed by atoms with Gasteiger partial charge in [0.2, 0.25) is 8.32 Å². The third-order valence-corrected chi connectivity index (χ3v) is 3.22. The molecule has 22 heavy (non-hydrogen) atoms. The predicted molar refractivity (Wildman–Crippen MR) is 81.9 cm³/mol. The van der Waals surface area contributed by atoms with E-state index in [9.17, 15) is 0 Å². The third-order valence-electron chi connectivity index (χ3n) is 2.38. The summed E-state index contributed by atoms with van der Waals surface area (Å²) >= 11 is 0. The molecule has 0 heterocycles. The fraction of sp³-hybridized carbons (Fsp3) is 0.600. The zero-order chi connectivity index (χ0) is 14.8. The first-order valence-corrected chi connectivity index (χ1v) is 10.0. The zero-order valence-electron chi connectivity index (χ0n) is 14.6. The van der Waals surface area contributed by atoms with Crippen LogP contribution in [0.4, 0.5) is 0 Å². The molecule has 0 aromatic heterocycles. The van der Waals surface area contributed by atoms with Gasteiger partial charge >= 0.3 is 26.2 Å². The second-order valence-electron chi connectivity index (χ2n) is 6.77. The summed E-state index contributed by atoms with van der Waals surface area (Å²) in [6.07, 6.45) is 5.34. The van der Waals surface area contributed by atoms with Crippen molar-refractivity contribution < 1.29 is 60.2 Å². The molecule has 1 aliphatic carbocycles. The van der Waals surface area contributed by atoms with Crippen LogP contribution in [0.5, 0.6) is 0 Å². The summed E-state index contributed by atoms with van der Waals surface area (Å²) in [4.78, 5) is 0. The van der Waals surface area contributed by atoms with Gasteiger partial charge in [0.1, 0.15) is 0 Å². The number of hydrogen-bond donors (Lipinski definition) is 1. The predicted octanol–water partition coefficient (Wildman–Crippen LogP) is -2.26.